The number of H-pyrrole nitrogens is 1. The lowest BCUT2D eigenvalue weighted by Gasteiger charge is -2.18. The van der Waals surface area contributed by atoms with E-state index in [1.807, 2.05) is 19.1 Å². The molecule has 1 amide bonds. The Labute approximate surface area is 155 Å². The zero-order valence-corrected chi connectivity index (χ0v) is 15.1. The van der Waals surface area contributed by atoms with Gasteiger partial charge in [-0.15, -0.1) is 0 Å². The molecular formula is C19H20ClFN4O. The number of carbonyl (C=O) groups excluding carboxylic acids is 1. The van der Waals surface area contributed by atoms with Gasteiger partial charge in [-0.1, -0.05) is 30.7 Å². The van der Waals surface area contributed by atoms with Gasteiger partial charge in [0.25, 0.3) is 0 Å². The number of nitrogens with zero attached hydrogens (tertiary/aromatic N) is 1. The summed E-state index contributed by atoms with van der Waals surface area (Å²) in [5.41, 5.74) is 8.34. The van der Waals surface area contributed by atoms with Crippen LogP contribution in [0.1, 0.15) is 30.5 Å². The standard InChI is InChI=1S/C19H20ClFN4O/c1-2-16-14-10-11(6-7-17(14)25-24-16)23-19(26)13(8-9-22)12-4-3-5-15(20)18(12)21/h3-7,10,13H,2,8-9,22H2,1H3,(H,23,26)(H,24,25). The van der Waals surface area contributed by atoms with Gasteiger partial charge in [0, 0.05) is 22.3 Å². The highest BCUT2D eigenvalue weighted by atomic mass is 35.5. The van der Waals surface area contributed by atoms with Crippen LogP contribution in [0.4, 0.5) is 10.1 Å². The van der Waals surface area contributed by atoms with Crippen molar-refractivity contribution >= 4 is 34.1 Å². The fourth-order valence-electron chi connectivity index (χ4n) is 3.02. The molecule has 0 spiro atoms. The molecule has 0 aliphatic rings. The number of carbonyl (C=O) groups is 1. The molecule has 136 valence electrons. The number of halogens is 2. The second kappa shape index (κ2) is 7.85. The molecule has 1 atom stereocenters. The number of aromatic amines is 1. The normalized spacial score (nSPS) is 12.3. The Kier molecular flexibility index (Phi) is 5.54. The van der Waals surface area contributed by atoms with Crippen LogP contribution in [0, 0.1) is 5.82 Å². The van der Waals surface area contributed by atoms with Crippen molar-refractivity contribution in [2.24, 2.45) is 5.73 Å². The monoisotopic (exact) mass is 374 g/mol. The van der Waals surface area contributed by atoms with E-state index < -0.39 is 11.7 Å². The van der Waals surface area contributed by atoms with Gasteiger partial charge in [-0.25, -0.2) is 4.39 Å². The average molecular weight is 375 g/mol. The van der Waals surface area contributed by atoms with E-state index in [1.54, 1.807) is 18.2 Å². The van der Waals surface area contributed by atoms with E-state index in [4.69, 9.17) is 17.3 Å². The molecule has 0 saturated carbocycles. The van der Waals surface area contributed by atoms with Gasteiger partial charge in [0.05, 0.1) is 16.5 Å². The van der Waals surface area contributed by atoms with E-state index in [1.165, 1.54) is 6.07 Å². The van der Waals surface area contributed by atoms with Gasteiger partial charge in [0.15, 0.2) is 0 Å². The lowest BCUT2D eigenvalue weighted by Crippen LogP contribution is -2.24. The first-order chi connectivity index (χ1) is 12.5. The molecule has 3 rings (SSSR count). The van der Waals surface area contributed by atoms with Crippen LogP contribution in [-0.4, -0.2) is 22.6 Å². The molecule has 5 nitrogen and oxygen atoms in total. The van der Waals surface area contributed by atoms with Gasteiger partial charge in [-0.2, -0.15) is 5.10 Å². The highest BCUT2D eigenvalue weighted by molar-refractivity contribution is 6.30. The second-order valence-electron chi connectivity index (χ2n) is 6.05. The zero-order chi connectivity index (χ0) is 18.7. The molecule has 0 aliphatic heterocycles. The Hall–Kier alpha value is -2.44. The molecule has 26 heavy (non-hydrogen) atoms. The maximum Gasteiger partial charge on any atom is 0.232 e. The van der Waals surface area contributed by atoms with Crippen molar-refractivity contribution in [2.45, 2.75) is 25.7 Å². The summed E-state index contributed by atoms with van der Waals surface area (Å²) in [5, 5.41) is 11.0. The molecule has 0 radical (unpaired) electrons. The summed E-state index contributed by atoms with van der Waals surface area (Å²) >= 11 is 5.86. The number of hydrogen-bond acceptors (Lipinski definition) is 3. The van der Waals surface area contributed by atoms with Crippen molar-refractivity contribution < 1.29 is 9.18 Å². The number of rotatable bonds is 6. The van der Waals surface area contributed by atoms with Crippen molar-refractivity contribution in [2.75, 3.05) is 11.9 Å². The molecular weight excluding hydrogens is 355 g/mol. The Balaban J connectivity index is 1.89. The first-order valence-corrected chi connectivity index (χ1v) is 8.84. The SMILES string of the molecule is CCc1[nH]nc2ccc(NC(=O)C(CCN)c3cccc(Cl)c3F)cc12. The van der Waals surface area contributed by atoms with Crippen LogP contribution in [0.15, 0.2) is 36.4 Å². The smallest absolute Gasteiger partial charge is 0.232 e. The summed E-state index contributed by atoms with van der Waals surface area (Å²) < 4.78 is 14.4. The molecule has 2 aromatic carbocycles. The Bertz CT molecular complexity index is 940. The fraction of sp³-hybridized carbons (Fsp3) is 0.263. The van der Waals surface area contributed by atoms with Gasteiger partial charge in [0.1, 0.15) is 5.82 Å². The summed E-state index contributed by atoms with van der Waals surface area (Å²) in [6.07, 6.45) is 1.12. The number of anilines is 1. The van der Waals surface area contributed by atoms with E-state index in [0.717, 1.165) is 23.0 Å². The third-order valence-corrected chi connectivity index (χ3v) is 4.67. The quantitative estimate of drug-likeness (QED) is 0.610. The number of aryl methyl sites for hydroxylation is 1. The van der Waals surface area contributed by atoms with E-state index in [-0.39, 0.29) is 23.0 Å². The van der Waals surface area contributed by atoms with E-state index in [9.17, 15) is 9.18 Å². The van der Waals surface area contributed by atoms with E-state index in [2.05, 4.69) is 15.5 Å². The minimum absolute atomic E-state index is 0.00951. The van der Waals surface area contributed by atoms with Crippen LogP contribution in [0.2, 0.25) is 5.02 Å². The molecule has 0 aliphatic carbocycles. The molecule has 4 N–H and O–H groups in total. The molecule has 1 heterocycles. The Morgan fingerprint density at radius 2 is 2.19 bits per heavy atom. The van der Waals surface area contributed by atoms with Crippen LogP contribution in [0.25, 0.3) is 10.9 Å². The number of benzene rings is 2. The second-order valence-corrected chi connectivity index (χ2v) is 6.46. The molecule has 0 fully saturated rings. The van der Waals surface area contributed by atoms with Crippen LogP contribution in [-0.2, 0) is 11.2 Å². The summed E-state index contributed by atoms with van der Waals surface area (Å²) in [5.74, 6) is -1.62. The fourth-order valence-corrected chi connectivity index (χ4v) is 3.21. The first kappa shape index (κ1) is 18.4. The number of nitrogens with two attached hydrogens (primary N) is 1. The molecule has 7 heteroatoms. The van der Waals surface area contributed by atoms with Crippen molar-refractivity contribution in [1.82, 2.24) is 10.2 Å². The van der Waals surface area contributed by atoms with Crippen molar-refractivity contribution in [3.8, 4) is 0 Å². The third-order valence-electron chi connectivity index (χ3n) is 4.38. The maximum absolute atomic E-state index is 14.4. The van der Waals surface area contributed by atoms with Gasteiger partial charge < -0.3 is 11.1 Å². The minimum Gasteiger partial charge on any atom is -0.330 e. The van der Waals surface area contributed by atoms with Crippen LogP contribution >= 0.6 is 11.6 Å². The van der Waals surface area contributed by atoms with Crippen LogP contribution < -0.4 is 11.1 Å². The Morgan fingerprint density at radius 3 is 2.92 bits per heavy atom. The molecule has 0 bridgehead atoms. The summed E-state index contributed by atoms with van der Waals surface area (Å²) in [6, 6.07) is 10.1. The van der Waals surface area contributed by atoms with E-state index in [0.29, 0.717) is 12.1 Å². The topological polar surface area (TPSA) is 83.8 Å². The first-order valence-electron chi connectivity index (χ1n) is 8.47. The molecule has 3 aromatic rings. The van der Waals surface area contributed by atoms with E-state index >= 15 is 0 Å². The van der Waals surface area contributed by atoms with Crippen LogP contribution in [0.3, 0.4) is 0 Å². The predicted molar refractivity (Wildman–Crippen MR) is 102 cm³/mol. The summed E-state index contributed by atoms with van der Waals surface area (Å²) in [6.45, 7) is 2.28. The number of fused-ring (bicyclic) bond motifs is 1. The molecule has 1 unspecified atom stereocenters. The lowest BCUT2D eigenvalue weighted by atomic mass is 9.94. The van der Waals surface area contributed by atoms with Crippen molar-refractivity contribution in [3.05, 3.63) is 58.5 Å². The van der Waals surface area contributed by atoms with Crippen molar-refractivity contribution in [1.29, 1.82) is 0 Å². The number of hydrogen-bond donors (Lipinski definition) is 3. The van der Waals surface area contributed by atoms with Crippen LogP contribution in [0.5, 0.6) is 0 Å². The zero-order valence-electron chi connectivity index (χ0n) is 14.4. The maximum atomic E-state index is 14.4. The number of nitrogens with one attached hydrogen (secondary N) is 2. The molecule has 0 saturated heterocycles. The molecule has 1 aromatic heterocycles. The lowest BCUT2D eigenvalue weighted by molar-refractivity contribution is -0.117. The van der Waals surface area contributed by atoms with Gasteiger partial charge in [-0.3, -0.25) is 9.89 Å². The summed E-state index contributed by atoms with van der Waals surface area (Å²) in [7, 11) is 0. The van der Waals surface area contributed by atoms with Gasteiger partial charge >= 0.3 is 0 Å². The Morgan fingerprint density at radius 1 is 1.38 bits per heavy atom. The minimum atomic E-state index is -0.718. The largest absolute Gasteiger partial charge is 0.330 e. The predicted octanol–water partition coefficient (Wildman–Crippen LogP) is 3.99. The van der Waals surface area contributed by atoms with Gasteiger partial charge in [0.2, 0.25) is 5.91 Å². The van der Waals surface area contributed by atoms with Crippen molar-refractivity contribution in [3.63, 3.8) is 0 Å². The summed E-state index contributed by atoms with van der Waals surface area (Å²) in [4.78, 5) is 12.8. The highest BCUT2D eigenvalue weighted by Gasteiger charge is 2.24. The number of amides is 1. The third kappa shape index (κ3) is 3.57. The number of aromatic nitrogens is 2. The van der Waals surface area contributed by atoms with Gasteiger partial charge in [-0.05, 0) is 43.7 Å². The average Bonchev–Trinajstić information content (AvgIpc) is 3.04. The highest BCUT2D eigenvalue weighted by Crippen LogP contribution is 2.29.